The van der Waals surface area contributed by atoms with E-state index in [2.05, 4.69) is 10.6 Å². The van der Waals surface area contributed by atoms with E-state index in [1.54, 1.807) is 0 Å². The number of amides is 1. The Balaban J connectivity index is 1.96. The second kappa shape index (κ2) is 5.72. The molecule has 1 aliphatic carbocycles. The van der Waals surface area contributed by atoms with E-state index >= 15 is 0 Å². The second-order valence-electron chi connectivity index (χ2n) is 7.25. The minimum Gasteiger partial charge on any atom is -0.480 e. The maximum atomic E-state index is 12.3. The number of carbonyl (C=O) groups is 2. The van der Waals surface area contributed by atoms with Crippen molar-refractivity contribution in [3.63, 3.8) is 0 Å². The van der Waals surface area contributed by atoms with Crippen molar-refractivity contribution in [2.75, 3.05) is 0 Å². The molecule has 3 unspecified atom stereocenters. The van der Waals surface area contributed by atoms with E-state index in [1.807, 2.05) is 20.8 Å². The highest BCUT2D eigenvalue weighted by Gasteiger charge is 2.40. The monoisotopic (exact) mass is 282 g/mol. The van der Waals surface area contributed by atoms with Gasteiger partial charge in [-0.1, -0.05) is 33.6 Å². The molecule has 1 saturated heterocycles. The molecule has 0 radical (unpaired) electrons. The third-order valence-corrected chi connectivity index (χ3v) is 4.58. The fourth-order valence-electron chi connectivity index (χ4n) is 3.41. The summed E-state index contributed by atoms with van der Waals surface area (Å²) in [5, 5.41) is 15.4. The van der Waals surface area contributed by atoms with Crippen molar-refractivity contribution >= 4 is 11.9 Å². The molecule has 2 rings (SSSR count). The molecule has 0 bridgehead atoms. The Morgan fingerprint density at radius 2 is 1.90 bits per heavy atom. The highest BCUT2D eigenvalue weighted by Crippen LogP contribution is 2.33. The van der Waals surface area contributed by atoms with Gasteiger partial charge in [0, 0.05) is 6.04 Å². The maximum absolute atomic E-state index is 12.3. The topological polar surface area (TPSA) is 78.4 Å². The molecule has 0 spiro atoms. The number of rotatable bonds is 3. The van der Waals surface area contributed by atoms with Gasteiger partial charge in [0.05, 0.1) is 6.04 Å². The molecule has 4 atom stereocenters. The summed E-state index contributed by atoms with van der Waals surface area (Å²) in [6, 6.07) is -0.635. The van der Waals surface area contributed by atoms with Gasteiger partial charge in [-0.05, 0) is 30.6 Å². The lowest BCUT2D eigenvalue weighted by Crippen LogP contribution is -2.54. The molecule has 2 fully saturated rings. The van der Waals surface area contributed by atoms with Gasteiger partial charge in [0.15, 0.2) is 0 Å². The van der Waals surface area contributed by atoms with Crippen LogP contribution in [0.25, 0.3) is 0 Å². The summed E-state index contributed by atoms with van der Waals surface area (Å²) in [6.07, 6.45) is 5.63. The van der Waals surface area contributed by atoms with Crippen LogP contribution in [0.3, 0.4) is 0 Å². The van der Waals surface area contributed by atoms with Gasteiger partial charge in [-0.25, -0.2) is 4.79 Å². The quantitative estimate of drug-likeness (QED) is 0.733. The van der Waals surface area contributed by atoms with Crippen molar-refractivity contribution in [1.82, 2.24) is 10.6 Å². The Bertz CT molecular complexity index is 375. The van der Waals surface area contributed by atoms with E-state index in [0.717, 1.165) is 12.8 Å². The number of hydrogen-bond acceptors (Lipinski definition) is 3. The van der Waals surface area contributed by atoms with Crippen molar-refractivity contribution in [1.29, 1.82) is 0 Å². The molecule has 114 valence electrons. The summed E-state index contributed by atoms with van der Waals surface area (Å²) >= 11 is 0. The van der Waals surface area contributed by atoms with E-state index in [0.29, 0.717) is 12.0 Å². The number of hydrogen-bond donors (Lipinski definition) is 3. The molecule has 2 aliphatic rings. The average molecular weight is 282 g/mol. The van der Waals surface area contributed by atoms with Crippen molar-refractivity contribution in [3.8, 4) is 0 Å². The van der Waals surface area contributed by atoms with E-state index in [1.165, 1.54) is 19.3 Å². The fourth-order valence-corrected chi connectivity index (χ4v) is 3.41. The zero-order valence-electron chi connectivity index (χ0n) is 12.6. The number of aliphatic carboxylic acids is 1. The molecule has 20 heavy (non-hydrogen) atoms. The van der Waals surface area contributed by atoms with Crippen molar-refractivity contribution < 1.29 is 14.7 Å². The molecular formula is C15H26N2O3. The zero-order valence-corrected chi connectivity index (χ0v) is 12.6. The van der Waals surface area contributed by atoms with Crippen LogP contribution in [-0.2, 0) is 9.59 Å². The molecule has 1 heterocycles. The minimum absolute atomic E-state index is 0.165. The first-order valence-corrected chi connectivity index (χ1v) is 7.58. The highest BCUT2D eigenvalue weighted by atomic mass is 16.4. The zero-order chi connectivity index (χ0) is 14.9. The number of nitrogens with one attached hydrogen (secondary N) is 2. The normalized spacial score (nSPS) is 31.4. The molecule has 1 amide bonds. The number of carboxylic acids is 1. The fraction of sp³-hybridized carbons (Fsp3) is 0.867. The lowest BCUT2D eigenvalue weighted by Gasteiger charge is -2.29. The van der Waals surface area contributed by atoms with Crippen LogP contribution in [0.2, 0.25) is 0 Å². The molecule has 5 nitrogen and oxygen atoms in total. The Labute approximate surface area is 120 Å². The van der Waals surface area contributed by atoms with Gasteiger partial charge in [-0.2, -0.15) is 0 Å². The van der Waals surface area contributed by atoms with Crippen LogP contribution in [0.5, 0.6) is 0 Å². The SMILES string of the molecule is CC(C)(C)[C@@H](NC(=O)C1CC2CCCCC2N1)C(=O)O. The van der Waals surface area contributed by atoms with Gasteiger partial charge < -0.3 is 15.7 Å². The van der Waals surface area contributed by atoms with E-state index in [9.17, 15) is 14.7 Å². The van der Waals surface area contributed by atoms with E-state index in [4.69, 9.17) is 0 Å². The van der Waals surface area contributed by atoms with Gasteiger partial charge >= 0.3 is 5.97 Å². The second-order valence-corrected chi connectivity index (χ2v) is 7.25. The van der Waals surface area contributed by atoms with Crippen LogP contribution < -0.4 is 10.6 Å². The Kier molecular flexibility index (Phi) is 4.37. The minimum atomic E-state index is -0.971. The Morgan fingerprint density at radius 1 is 1.25 bits per heavy atom. The van der Waals surface area contributed by atoms with Crippen LogP contribution in [0.4, 0.5) is 0 Å². The van der Waals surface area contributed by atoms with Gasteiger partial charge in [-0.15, -0.1) is 0 Å². The van der Waals surface area contributed by atoms with Crippen LogP contribution in [0.15, 0.2) is 0 Å². The molecule has 0 aromatic rings. The number of carbonyl (C=O) groups excluding carboxylic acids is 1. The first-order chi connectivity index (χ1) is 9.29. The average Bonchev–Trinajstić information content (AvgIpc) is 2.77. The summed E-state index contributed by atoms with van der Waals surface area (Å²) in [4.78, 5) is 23.6. The smallest absolute Gasteiger partial charge is 0.326 e. The van der Waals surface area contributed by atoms with Crippen LogP contribution in [0.1, 0.15) is 52.9 Å². The first-order valence-electron chi connectivity index (χ1n) is 7.58. The predicted octanol–water partition coefficient (Wildman–Crippen LogP) is 1.52. The third-order valence-electron chi connectivity index (χ3n) is 4.58. The molecule has 0 aromatic carbocycles. The maximum Gasteiger partial charge on any atom is 0.326 e. The van der Waals surface area contributed by atoms with E-state index in [-0.39, 0.29) is 11.9 Å². The summed E-state index contributed by atoms with van der Waals surface area (Å²) < 4.78 is 0. The van der Waals surface area contributed by atoms with Gasteiger partial charge in [0.2, 0.25) is 5.91 Å². The third kappa shape index (κ3) is 3.32. The van der Waals surface area contributed by atoms with Crippen LogP contribution in [-0.4, -0.2) is 35.1 Å². The standard InChI is InChI=1S/C15H26N2O3/c1-15(2,3)12(14(19)20)17-13(18)11-8-9-6-4-5-7-10(9)16-11/h9-12,16H,4-8H2,1-3H3,(H,17,18)(H,19,20)/t9?,10?,11?,12-/m0/s1. The van der Waals surface area contributed by atoms with Crippen LogP contribution in [0, 0.1) is 11.3 Å². The van der Waals surface area contributed by atoms with Crippen molar-refractivity contribution in [3.05, 3.63) is 0 Å². The first kappa shape index (κ1) is 15.3. The summed E-state index contributed by atoms with van der Waals surface area (Å²) in [7, 11) is 0. The van der Waals surface area contributed by atoms with Gasteiger partial charge in [0.1, 0.15) is 6.04 Å². The molecular weight excluding hydrogens is 256 g/mol. The summed E-state index contributed by atoms with van der Waals surface area (Å²) in [5.41, 5.74) is -0.493. The molecule has 5 heteroatoms. The highest BCUT2D eigenvalue weighted by molar-refractivity contribution is 5.87. The van der Waals surface area contributed by atoms with Crippen molar-refractivity contribution in [2.24, 2.45) is 11.3 Å². The van der Waals surface area contributed by atoms with E-state index < -0.39 is 17.4 Å². The summed E-state index contributed by atoms with van der Waals surface area (Å²) in [5.74, 6) is -0.555. The summed E-state index contributed by atoms with van der Waals surface area (Å²) in [6.45, 7) is 5.48. The van der Waals surface area contributed by atoms with Gasteiger partial charge in [0.25, 0.3) is 0 Å². The lowest BCUT2D eigenvalue weighted by molar-refractivity contribution is -0.145. The van der Waals surface area contributed by atoms with Gasteiger partial charge in [-0.3, -0.25) is 4.79 Å². The largest absolute Gasteiger partial charge is 0.480 e. The molecule has 1 saturated carbocycles. The Hall–Kier alpha value is -1.10. The molecule has 3 N–H and O–H groups in total. The number of carboxylic acid groups (broad SMARTS) is 1. The molecule has 1 aliphatic heterocycles. The molecule has 0 aromatic heterocycles. The number of fused-ring (bicyclic) bond motifs is 1. The van der Waals surface area contributed by atoms with Crippen LogP contribution >= 0.6 is 0 Å². The lowest BCUT2D eigenvalue weighted by atomic mass is 9.84. The van der Waals surface area contributed by atoms with Crippen molar-refractivity contribution in [2.45, 2.75) is 71.0 Å². The Morgan fingerprint density at radius 3 is 2.45 bits per heavy atom. The predicted molar refractivity (Wildman–Crippen MR) is 76.3 cm³/mol.